The first-order valence-electron chi connectivity index (χ1n) is 23.3. The van der Waals surface area contributed by atoms with Crippen molar-refractivity contribution in [3.63, 3.8) is 0 Å². The van der Waals surface area contributed by atoms with Crippen molar-refractivity contribution in [3.8, 4) is 0 Å². The molecule has 0 heterocycles. The predicted octanol–water partition coefficient (Wildman–Crippen LogP) is 13.0. The predicted molar refractivity (Wildman–Crippen MR) is 229 cm³/mol. The van der Waals surface area contributed by atoms with Crippen molar-refractivity contribution >= 4 is 6.16 Å². The van der Waals surface area contributed by atoms with Gasteiger partial charge in [-0.2, -0.15) is 0 Å². The maximum Gasteiger partial charge on any atom is 0.0780 e. The van der Waals surface area contributed by atoms with Gasteiger partial charge in [0.15, 0.2) is 0 Å². The second kappa shape index (κ2) is 44.6. The Balaban J connectivity index is -0.000000836. The molecule has 5 heteroatoms. The Morgan fingerprint density at radius 2 is 0.404 bits per heavy atom. The van der Waals surface area contributed by atoms with Gasteiger partial charge in [0.2, 0.25) is 0 Å². The van der Waals surface area contributed by atoms with Crippen LogP contribution in [0.1, 0.15) is 245 Å². The molecular weight excluding hydrogens is 641 g/mol. The summed E-state index contributed by atoms with van der Waals surface area (Å²) in [6.07, 6.45) is 50.4. The van der Waals surface area contributed by atoms with Crippen LogP contribution in [0.2, 0.25) is 0 Å². The monoisotopic (exact) mass is 741 g/mol. The molecule has 0 N–H and O–H groups in total. The van der Waals surface area contributed by atoms with Crippen LogP contribution in [0.25, 0.3) is 0 Å². The van der Waals surface area contributed by atoms with Crippen LogP contribution in [0, 0.1) is 0 Å². The number of quaternary nitrogens is 2. The molecule has 0 saturated carbocycles. The van der Waals surface area contributed by atoms with E-state index in [1.54, 1.807) is 0 Å². The number of carbonyl (C=O) groups is 1. The second-order valence-electron chi connectivity index (χ2n) is 18.3. The molecule has 316 valence electrons. The van der Waals surface area contributed by atoms with Gasteiger partial charge >= 0.3 is 0 Å². The zero-order valence-corrected chi connectivity index (χ0v) is 37.5. The lowest BCUT2D eigenvalue weighted by Gasteiger charge is -2.23. The zero-order valence-electron chi connectivity index (χ0n) is 37.5. The van der Waals surface area contributed by atoms with Crippen molar-refractivity contribution in [2.75, 3.05) is 55.4 Å². The molecule has 0 aromatic heterocycles. The first-order chi connectivity index (χ1) is 24.9. The number of nitrogens with zero attached hydrogens (tertiary/aromatic N) is 2. The van der Waals surface area contributed by atoms with E-state index >= 15 is 0 Å². The molecule has 0 radical (unpaired) electrons. The minimum absolute atomic E-state index is 1.12. The van der Waals surface area contributed by atoms with Crippen LogP contribution in [0.15, 0.2) is 0 Å². The van der Waals surface area contributed by atoms with E-state index in [9.17, 15) is 0 Å². The van der Waals surface area contributed by atoms with Gasteiger partial charge in [-0.25, -0.2) is 0 Å². The van der Waals surface area contributed by atoms with E-state index in [4.69, 9.17) is 15.0 Å². The molecule has 0 saturated heterocycles. The molecule has 0 aliphatic rings. The van der Waals surface area contributed by atoms with Crippen molar-refractivity contribution in [3.05, 3.63) is 0 Å². The van der Waals surface area contributed by atoms with E-state index in [2.05, 4.69) is 56.1 Å². The van der Waals surface area contributed by atoms with Crippen LogP contribution >= 0.6 is 0 Å². The molecule has 0 aromatic carbocycles. The summed E-state index contributed by atoms with van der Waals surface area (Å²) in [6.45, 7) is 7.26. The fraction of sp³-hybridized carbons (Fsp3) is 0.979. The normalized spacial score (nSPS) is 11.5. The minimum Gasteiger partial charge on any atom is -0.652 e. The van der Waals surface area contributed by atoms with Gasteiger partial charge in [0.05, 0.1) is 55.4 Å². The number of unbranched alkanes of at least 4 members (excludes halogenated alkanes) is 34. The fourth-order valence-electron chi connectivity index (χ4n) is 6.98. The summed E-state index contributed by atoms with van der Waals surface area (Å²) in [5, 5.41) is 16.7. The van der Waals surface area contributed by atoms with Crippen LogP contribution in [-0.4, -0.2) is 70.5 Å². The number of hydrogen-bond acceptors (Lipinski definition) is 3. The van der Waals surface area contributed by atoms with Crippen LogP contribution in [0.5, 0.6) is 0 Å². The van der Waals surface area contributed by atoms with E-state index in [1.165, 1.54) is 244 Å². The highest BCUT2D eigenvalue weighted by Gasteiger charge is 2.06. The van der Waals surface area contributed by atoms with Gasteiger partial charge in [0, 0.05) is 0 Å². The molecule has 0 aliphatic carbocycles. The van der Waals surface area contributed by atoms with E-state index in [0.717, 1.165) is 8.97 Å². The fourth-order valence-corrected chi connectivity index (χ4v) is 6.98. The molecule has 0 atom stereocenters. The maximum atomic E-state index is 8.33. The molecule has 0 bridgehead atoms. The first-order valence-corrected chi connectivity index (χ1v) is 23.3. The Labute approximate surface area is 329 Å². The lowest BCUT2D eigenvalue weighted by atomic mass is 10.0. The van der Waals surface area contributed by atoms with Crippen molar-refractivity contribution in [2.24, 2.45) is 0 Å². The average molecular weight is 741 g/mol. The quantitative estimate of drug-likeness (QED) is 0.0468. The van der Waals surface area contributed by atoms with E-state index in [-0.39, 0.29) is 0 Å². The molecule has 52 heavy (non-hydrogen) atoms. The summed E-state index contributed by atoms with van der Waals surface area (Å²) in [5.41, 5.74) is 0. The molecule has 0 rings (SSSR count). The SMILES string of the molecule is CCCCCCCCCCCCCCCCCCCC[N+](C)(C)C.CCCCCCCCCCCCCCCCCCCC[N+](C)(C)C.O=C([O-])[O-]. The third kappa shape index (κ3) is 67.3. The van der Waals surface area contributed by atoms with E-state index in [0.29, 0.717) is 0 Å². The summed E-state index contributed by atoms with van der Waals surface area (Å²) in [7, 11) is 13.8. The maximum absolute atomic E-state index is 8.33. The second-order valence-corrected chi connectivity index (χ2v) is 18.3. The third-order valence-corrected chi connectivity index (χ3v) is 10.4. The van der Waals surface area contributed by atoms with Crippen molar-refractivity contribution < 1.29 is 24.0 Å². The number of carboxylic acid groups (broad SMARTS) is 2. The van der Waals surface area contributed by atoms with Gasteiger partial charge in [0.1, 0.15) is 0 Å². The summed E-state index contributed by atoms with van der Waals surface area (Å²) < 4.78 is 2.25. The lowest BCUT2D eigenvalue weighted by molar-refractivity contribution is -0.870. The van der Waals surface area contributed by atoms with Gasteiger partial charge in [-0.1, -0.05) is 219 Å². The van der Waals surface area contributed by atoms with E-state index < -0.39 is 6.16 Å². The summed E-state index contributed by atoms with van der Waals surface area (Å²) in [4.78, 5) is 8.33. The topological polar surface area (TPSA) is 63.2 Å². The smallest absolute Gasteiger partial charge is 0.0780 e. The van der Waals surface area contributed by atoms with Gasteiger partial charge in [-0.3, -0.25) is 0 Å². The van der Waals surface area contributed by atoms with Crippen LogP contribution < -0.4 is 10.2 Å². The molecule has 0 fully saturated rings. The van der Waals surface area contributed by atoms with Crippen molar-refractivity contribution in [1.82, 2.24) is 0 Å². The zero-order chi connectivity index (χ0) is 39.4. The number of carbonyl (C=O) groups excluding carboxylic acids is 1. The van der Waals surface area contributed by atoms with Crippen LogP contribution in [0.4, 0.5) is 4.79 Å². The molecule has 0 aromatic rings. The summed E-state index contributed by atoms with van der Waals surface area (Å²) >= 11 is 0. The highest BCUT2D eigenvalue weighted by atomic mass is 16.6. The Bertz CT molecular complexity index is 602. The van der Waals surface area contributed by atoms with Gasteiger partial charge in [-0.05, 0) is 31.8 Å². The number of rotatable bonds is 38. The molecule has 0 aliphatic heterocycles. The standard InChI is InChI=1S/2C23H50N.CH2O3/c2*1-5-6-7-8-9-10-11-12-13-14-15-16-17-18-19-20-21-22-23-24(2,3)4;2-1(3)4/h2*5-23H2,1-4H3;(H2,2,3,4)/q2*+1;/p-2. The van der Waals surface area contributed by atoms with Crippen molar-refractivity contribution in [2.45, 2.75) is 245 Å². The molecule has 0 amide bonds. The third-order valence-electron chi connectivity index (χ3n) is 10.4. The first kappa shape index (κ1) is 55.5. The molecule has 5 nitrogen and oxygen atoms in total. The average Bonchev–Trinajstić information content (AvgIpc) is 3.06. The Morgan fingerprint density at radius 1 is 0.288 bits per heavy atom. The largest absolute Gasteiger partial charge is 0.652 e. The molecule has 0 spiro atoms. The van der Waals surface area contributed by atoms with E-state index in [1.807, 2.05) is 0 Å². The summed E-state index contributed by atoms with van der Waals surface area (Å²) in [6, 6.07) is 0. The van der Waals surface area contributed by atoms with Crippen molar-refractivity contribution in [1.29, 1.82) is 0 Å². The van der Waals surface area contributed by atoms with Gasteiger partial charge in [-0.15, -0.1) is 0 Å². The Kier molecular flexibility index (Phi) is 47.6. The highest BCUT2D eigenvalue weighted by molar-refractivity contribution is 5.47. The Hall–Kier alpha value is -0.810. The van der Waals surface area contributed by atoms with Gasteiger partial charge in [0.25, 0.3) is 0 Å². The van der Waals surface area contributed by atoms with Crippen LogP contribution in [0.3, 0.4) is 0 Å². The van der Waals surface area contributed by atoms with Crippen LogP contribution in [-0.2, 0) is 0 Å². The van der Waals surface area contributed by atoms with Gasteiger partial charge < -0.3 is 24.0 Å². The minimum atomic E-state index is -2.33. The number of hydrogen-bond donors (Lipinski definition) is 0. The summed E-state index contributed by atoms with van der Waals surface area (Å²) in [5.74, 6) is 0. The molecule has 0 unspecified atom stereocenters. The highest BCUT2D eigenvalue weighted by Crippen LogP contribution is 2.16. The molecular formula is C47H100N2O3. The lowest BCUT2D eigenvalue weighted by Crippen LogP contribution is -2.37. The Morgan fingerprint density at radius 3 is 0.519 bits per heavy atom.